The number of carboxylic acids is 1. The molecular formula is C20H27NO5. The van der Waals surface area contributed by atoms with Gasteiger partial charge in [-0.1, -0.05) is 50.1 Å². The summed E-state index contributed by atoms with van der Waals surface area (Å²) in [4.78, 5) is 25.8. The maximum Gasteiger partial charge on any atom is 0.413 e. The Labute approximate surface area is 154 Å². The Morgan fingerprint density at radius 1 is 1.27 bits per heavy atom. The van der Waals surface area contributed by atoms with E-state index < -0.39 is 23.8 Å². The van der Waals surface area contributed by atoms with Gasteiger partial charge in [0.25, 0.3) is 0 Å². The molecule has 1 heterocycles. The third kappa shape index (κ3) is 3.85. The van der Waals surface area contributed by atoms with E-state index in [1.54, 1.807) is 0 Å². The van der Waals surface area contributed by atoms with Crippen molar-refractivity contribution >= 4 is 12.1 Å². The van der Waals surface area contributed by atoms with Gasteiger partial charge in [0.2, 0.25) is 0 Å². The van der Waals surface area contributed by atoms with E-state index in [0.29, 0.717) is 18.8 Å². The number of carbonyl (C=O) groups excluding carboxylic acids is 1. The van der Waals surface area contributed by atoms with Crippen LogP contribution in [0.25, 0.3) is 0 Å². The molecule has 142 valence electrons. The van der Waals surface area contributed by atoms with Crippen molar-refractivity contribution in [3.63, 3.8) is 0 Å². The van der Waals surface area contributed by atoms with Crippen molar-refractivity contribution in [3.8, 4) is 0 Å². The predicted molar refractivity (Wildman–Crippen MR) is 95.4 cm³/mol. The van der Waals surface area contributed by atoms with Crippen molar-refractivity contribution in [1.82, 2.24) is 4.90 Å². The lowest BCUT2D eigenvalue weighted by Crippen LogP contribution is -2.55. The van der Waals surface area contributed by atoms with Gasteiger partial charge in [0.05, 0.1) is 6.61 Å². The lowest BCUT2D eigenvalue weighted by Gasteiger charge is -2.42. The van der Waals surface area contributed by atoms with Gasteiger partial charge in [0.15, 0.2) is 6.04 Å². The summed E-state index contributed by atoms with van der Waals surface area (Å²) in [6, 6.07) is 8.39. The summed E-state index contributed by atoms with van der Waals surface area (Å²) in [6.07, 6.45) is 4.93. The van der Waals surface area contributed by atoms with E-state index >= 15 is 0 Å². The minimum atomic E-state index is -1.05. The normalized spacial score (nSPS) is 28.3. The van der Waals surface area contributed by atoms with Gasteiger partial charge in [-0.15, -0.1) is 0 Å². The minimum Gasteiger partial charge on any atom is -0.480 e. The number of hydrogen-bond acceptors (Lipinski definition) is 4. The number of nitrogens with zero attached hydrogens (tertiary/aromatic N) is 1. The highest BCUT2D eigenvalue weighted by atomic mass is 16.6. The Bertz CT molecular complexity index is 624. The van der Waals surface area contributed by atoms with Gasteiger partial charge in [-0.25, -0.2) is 9.59 Å². The molecule has 6 heteroatoms. The van der Waals surface area contributed by atoms with Gasteiger partial charge in [0, 0.05) is 0 Å². The average molecular weight is 361 g/mol. The molecule has 1 saturated carbocycles. The Hall–Kier alpha value is -2.08. The smallest absolute Gasteiger partial charge is 0.413 e. The zero-order valence-electron chi connectivity index (χ0n) is 15.2. The molecule has 1 unspecified atom stereocenters. The molecule has 0 radical (unpaired) electrons. The van der Waals surface area contributed by atoms with Gasteiger partial charge in [-0.05, 0) is 37.2 Å². The standard InChI is InChI=1S/C20H27NO5/c1-2-6-15-9-11-20(12-10-15)21(17(14-26-20)18(22)23)19(24)25-13-16-7-4-3-5-8-16/h3-5,7-8,15,17H,2,6,9-14H2,1H3,(H,22,23). The largest absolute Gasteiger partial charge is 0.480 e. The molecule has 1 saturated heterocycles. The van der Waals surface area contributed by atoms with Crippen LogP contribution in [0.15, 0.2) is 30.3 Å². The van der Waals surface area contributed by atoms with E-state index in [1.165, 1.54) is 4.90 Å². The van der Waals surface area contributed by atoms with E-state index in [4.69, 9.17) is 9.47 Å². The Morgan fingerprint density at radius 2 is 1.96 bits per heavy atom. The third-order valence-electron chi connectivity index (χ3n) is 5.53. The average Bonchev–Trinajstić information content (AvgIpc) is 3.02. The molecule has 6 nitrogen and oxygen atoms in total. The summed E-state index contributed by atoms with van der Waals surface area (Å²) in [6.45, 7) is 2.31. The van der Waals surface area contributed by atoms with Crippen LogP contribution in [0.3, 0.4) is 0 Å². The van der Waals surface area contributed by atoms with Gasteiger partial charge in [-0.2, -0.15) is 0 Å². The van der Waals surface area contributed by atoms with Gasteiger partial charge < -0.3 is 14.6 Å². The Balaban J connectivity index is 1.71. The van der Waals surface area contributed by atoms with E-state index in [2.05, 4.69) is 6.92 Å². The molecule has 1 aliphatic heterocycles. The lowest BCUT2D eigenvalue weighted by molar-refractivity contribution is -0.144. The minimum absolute atomic E-state index is 0.0220. The van der Waals surface area contributed by atoms with Gasteiger partial charge >= 0.3 is 12.1 Å². The van der Waals surface area contributed by atoms with Gasteiger partial charge in [-0.3, -0.25) is 4.90 Å². The highest BCUT2D eigenvalue weighted by molar-refractivity contribution is 5.81. The molecule has 1 amide bonds. The number of hydrogen-bond donors (Lipinski definition) is 1. The van der Waals surface area contributed by atoms with Crippen LogP contribution >= 0.6 is 0 Å². The molecule has 1 aromatic rings. The van der Waals surface area contributed by atoms with Crippen LogP contribution in [0, 0.1) is 5.92 Å². The van der Waals surface area contributed by atoms with Crippen LogP contribution in [0.1, 0.15) is 51.0 Å². The Morgan fingerprint density at radius 3 is 2.58 bits per heavy atom. The maximum atomic E-state index is 12.8. The van der Waals surface area contributed by atoms with Crippen LogP contribution in [-0.2, 0) is 20.9 Å². The van der Waals surface area contributed by atoms with E-state index in [9.17, 15) is 14.7 Å². The fraction of sp³-hybridized carbons (Fsp3) is 0.600. The number of ether oxygens (including phenoxy) is 2. The molecule has 1 aliphatic carbocycles. The van der Waals surface area contributed by atoms with E-state index in [-0.39, 0.29) is 13.2 Å². The maximum absolute atomic E-state index is 12.8. The van der Waals surface area contributed by atoms with Gasteiger partial charge in [0.1, 0.15) is 12.3 Å². The molecule has 0 bridgehead atoms. The summed E-state index contributed by atoms with van der Waals surface area (Å²) in [7, 11) is 0. The van der Waals surface area contributed by atoms with Crippen molar-refractivity contribution in [1.29, 1.82) is 0 Å². The van der Waals surface area contributed by atoms with Crippen LogP contribution < -0.4 is 0 Å². The summed E-state index contributed by atoms with van der Waals surface area (Å²) in [5, 5.41) is 9.54. The number of aliphatic carboxylic acids is 1. The molecule has 1 atom stereocenters. The number of rotatable bonds is 5. The van der Waals surface area contributed by atoms with E-state index in [0.717, 1.165) is 31.2 Å². The van der Waals surface area contributed by atoms with Crippen LogP contribution in [0.2, 0.25) is 0 Å². The zero-order chi connectivity index (χ0) is 18.6. The fourth-order valence-electron chi connectivity index (χ4n) is 4.14. The molecule has 2 aliphatic rings. The quantitative estimate of drug-likeness (QED) is 0.863. The zero-order valence-corrected chi connectivity index (χ0v) is 15.2. The summed E-state index contributed by atoms with van der Waals surface area (Å²) < 4.78 is 11.3. The van der Waals surface area contributed by atoms with Crippen molar-refractivity contribution in [2.75, 3.05) is 6.61 Å². The number of amides is 1. The Kier molecular flexibility index (Phi) is 5.81. The highest BCUT2D eigenvalue weighted by Crippen LogP contribution is 2.43. The van der Waals surface area contributed by atoms with E-state index in [1.807, 2.05) is 30.3 Å². The number of benzene rings is 1. The summed E-state index contributed by atoms with van der Waals surface area (Å²) >= 11 is 0. The number of carbonyl (C=O) groups is 2. The second kappa shape index (κ2) is 8.08. The molecule has 26 heavy (non-hydrogen) atoms. The van der Waals surface area contributed by atoms with Crippen molar-refractivity contribution in [3.05, 3.63) is 35.9 Å². The summed E-state index contributed by atoms with van der Waals surface area (Å²) in [5.41, 5.74) is 0.0367. The first-order valence-corrected chi connectivity index (χ1v) is 9.42. The molecule has 3 rings (SSSR count). The predicted octanol–water partition coefficient (Wildman–Crippen LogP) is 3.80. The topological polar surface area (TPSA) is 76.1 Å². The highest BCUT2D eigenvalue weighted by Gasteiger charge is 2.54. The second-order valence-electron chi connectivity index (χ2n) is 7.25. The fourth-order valence-corrected chi connectivity index (χ4v) is 4.14. The first kappa shape index (κ1) is 18.7. The molecule has 1 aromatic carbocycles. The van der Waals surface area contributed by atoms with Crippen LogP contribution in [-0.4, -0.2) is 40.4 Å². The monoisotopic (exact) mass is 361 g/mol. The van der Waals surface area contributed by atoms with Crippen LogP contribution in [0.4, 0.5) is 4.79 Å². The SMILES string of the molecule is CCCC1CCC2(CC1)OCC(C(=O)O)N2C(=O)OCc1ccccc1. The summed E-state index contributed by atoms with van der Waals surface area (Å²) in [5.74, 6) is -0.422. The van der Waals surface area contributed by atoms with Crippen molar-refractivity contribution < 1.29 is 24.2 Å². The first-order valence-electron chi connectivity index (χ1n) is 9.42. The first-order chi connectivity index (χ1) is 12.6. The molecule has 0 aromatic heterocycles. The van der Waals surface area contributed by atoms with Crippen LogP contribution in [0.5, 0.6) is 0 Å². The lowest BCUT2D eigenvalue weighted by atomic mass is 9.80. The second-order valence-corrected chi connectivity index (χ2v) is 7.25. The molecule has 2 fully saturated rings. The molecule has 1 spiro atoms. The molecule has 1 N–H and O–H groups in total. The number of carboxylic acid groups (broad SMARTS) is 1. The molecular weight excluding hydrogens is 334 g/mol. The van der Waals surface area contributed by atoms with Crippen molar-refractivity contribution in [2.24, 2.45) is 5.92 Å². The van der Waals surface area contributed by atoms with Crippen molar-refractivity contribution in [2.45, 2.75) is 63.8 Å². The third-order valence-corrected chi connectivity index (χ3v) is 5.53.